The van der Waals surface area contributed by atoms with Crippen LogP contribution in [-0.2, 0) is 0 Å². The second-order valence-electron chi connectivity index (χ2n) is 3.15. The molecule has 0 unspecified atom stereocenters. The average Bonchev–Trinajstić information content (AvgIpc) is 2.27. The summed E-state index contributed by atoms with van der Waals surface area (Å²) < 4.78 is 5.94. The van der Waals surface area contributed by atoms with E-state index in [4.69, 9.17) is 9.84 Å². The molecular formula is C11H8BrNO3. The Morgan fingerprint density at radius 2 is 2.25 bits per heavy atom. The first-order valence-electron chi connectivity index (χ1n) is 4.49. The van der Waals surface area contributed by atoms with Gasteiger partial charge in [0.2, 0.25) is 0 Å². The van der Waals surface area contributed by atoms with Gasteiger partial charge in [-0.25, -0.2) is 4.79 Å². The standard InChI is InChI=1S/C11H8BrNO3/c1-16-10-6-3-2-4-8(12)9(6)13-5-7(10)11(14)15/h2-5H,1H3,(H,14,15). The fourth-order valence-electron chi connectivity index (χ4n) is 1.53. The Balaban J connectivity index is 2.86. The molecule has 4 nitrogen and oxygen atoms in total. The molecule has 0 saturated heterocycles. The number of rotatable bonds is 2. The van der Waals surface area contributed by atoms with Crippen LogP contribution in [0, 0.1) is 0 Å². The topological polar surface area (TPSA) is 59.4 Å². The summed E-state index contributed by atoms with van der Waals surface area (Å²) in [6.07, 6.45) is 1.30. The zero-order valence-electron chi connectivity index (χ0n) is 8.40. The summed E-state index contributed by atoms with van der Waals surface area (Å²) in [4.78, 5) is 15.1. The van der Waals surface area contributed by atoms with Crippen molar-refractivity contribution >= 4 is 32.8 Å². The first-order valence-corrected chi connectivity index (χ1v) is 5.29. The third-order valence-electron chi connectivity index (χ3n) is 2.23. The quantitative estimate of drug-likeness (QED) is 0.920. The summed E-state index contributed by atoms with van der Waals surface area (Å²) in [6.45, 7) is 0. The van der Waals surface area contributed by atoms with Crippen molar-refractivity contribution in [3.05, 3.63) is 34.4 Å². The molecule has 2 rings (SSSR count). The molecule has 0 aliphatic heterocycles. The van der Waals surface area contributed by atoms with E-state index in [1.807, 2.05) is 12.1 Å². The van der Waals surface area contributed by atoms with E-state index in [1.54, 1.807) is 6.07 Å². The van der Waals surface area contributed by atoms with Gasteiger partial charge in [0.05, 0.1) is 12.6 Å². The fraction of sp³-hybridized carbons (Fsp3) is 0.0909. The van der Waals surface area contributed by atoms with E-state index < -0.39 is 5.97 Å². The first kappa shape index (κ1) is 10.9. The van der Waals surface area contributed by atoms with Gasteiger partial charge in [0, 0.05) is 16.1 Å². The largest absolute Gasteiger partial charge is 0.495 e. The molecule has 1 heterocycles. The van der Waals surface area contributed by atoms with E-state index in [-0.39, 0.29) is 5.56 Å². The number of fused-ring (bicyclic) bond motifs is 1. The molecule has 82 valence electrons. The van der Waals surface area contributed by atoms with E-state index >= 15 is 0 Å². The highest BCUT2D eigenvalue weighted by molar-refractivity contribution is 9.10. The zero-order chi connectivity index (χ0) is 11.7. The van der Waals surface area contributed by atoms with Gasteiger partial charge in [0.15, 0.2) is 0 Å². The number of hydrogen-bond acceptors (Lipinski definition) is 3. The molecule has 0 aliphatic carbocycles. The molecule has 0 fully saturated rings. The van der Waals surface area contributed by atoms with Crippen molar-refractivity contribution in [1.29, 1.82) is 0 Å². The summed E-state index contributed by atoms with van der Waals surface area (Å²) in [6, 6.07) is 5.43. The van der Waals surface area contributed by atoms with E-state index in [1.165, 1.54) is 13.3 Å². The molecule has 0 radical (unpaired) electrons. The van der Waals surface area contributed by atoms with Crippen LogP contribution in [0.5, 0.6) is 5.75 Å². The molecule has 0 saturated carbocycles. The van der Waals surface area contributed by atoms with Crippen LogP contribution >= 0.6 is 15.9 Å². The lowest BCUT2D eigenvalue weighted by molar-refractivity contribution is 0.0693. The first-order chi connectivity index (χ1) is 7.65. The number of carboxylic acid groups (broad SMARTS) is 1. The number of carboxylic acids is 1. The maximum Gasteiger partial charge on any atom is 0.341 e. The minimum Gasteiger partial charge on any atom is -0.495 e. The van der Waals surface area contributed by atoms with Crippen molar-refractivity contribution in [3.63, 3.8) is 0 Å². The summed E-state index contributed by atoms with van der Waals surface area (Å²) in [5.41, 5.74) is 0.748. The van der Waals surface area contributed by atoms with Crippen molar-refractivity contribution < 1.29 is 14.6 Å². The summed E-state index contributed by atoms with van der Waals surface area (Å²) in [5.74, 6) is -0.718. The lowest BCUT2D eigenvalue weighted by atomic mass is 10.1. The number of methoxy groups -OCH3 is 1. The number of halogens is 1. The number of ether oxygens (including phenoxy) is 1. The van der Waals surface area contributed by atoms with Crippen molar-refractivity contribution in [1.82, 2.24) is 4.98 Å². The van der Waals surface area contributed by atoms with Gasteiger partial charge in [-0.3, -0.25) is 4.98 Å². The fourth-order valence-corrected chi connectivity index (χ4v) is 2.00. The second kappa shape index (κ2) is 4.09. The number of aromatic nitrogens is 1. The summed E-state index contributed by atoms with van der Waals surface area (Å²) in [5, 5.41) is 9.67. The molecule has 1 N–H and O–H groups in total. The Morgan fingerprint density at radius 3 is 2.88 bits per heavy atom. The van der Waals surface area contributed by atoms with Crippen molar-refractivity contribution in [2.75, 3.05) is 7.11 Å². The normalized spacial score (nSPS) is 10.4. The van der Waals surface area contributed by atoms with Crippen LogP contribution in [0.2, 0.25) is 0 Å². The minimum atomic E-state index is -1.05. The maximum absolute atomic E-state index is 11.0. The van der Waals surface area contributed by atoms with Gasteiger partial charge in [-0.15, -0.1) is 0 Å². The third kappa shape index (κ3) is 1.63. The van der Waals surface area contributed by atoms with Crippen LogP contribution < -0.4 is 4.74 Å². The van der Waals surface area contributed by atoms with Crippen LogP contribution in [0.25, 0.3) is 10.9 Å². The monoisotopic (exact) mass is 281 g/mol. The molecule has 1 aromatic heterocycles. The number of carbonyl (C=O) groups is 1. The average molecular weight is 282 g/mol. The molecule has 0 spiro atoms. The molecule has 2 aromatic rings. The van der Waals surface area contributed by atoms with Crippen LogP contribution in [-0.4, -0.2) is 23.2 Å². The van der Waals surface area contributed by atoms with E-state index in [2.05, 4.69) is 20.9 Å². The van der Waals surface area contributed by atoms with E-state index in [9.17, 15) is 4.79 Å². The Morgan fingerprint density at radius 1 is 1.50 bits per heavy atom. The molecule has 5 heteroatoms. The Bertz CT molecular complexity index is 568. The summed E-state index contributed by atoms with van der Waals surface area (Å²) in [7, 11) is 1.45. The number of nitrogens with zero attached hydrogens (tertiary/aromatic N) is 1. The van der Waals surface area contributed by atoms with Gasteiger partial charge in [-0.2, -0.15) is 0 Å². The molecule has 0 aliphatic rings. The number of hydrogen-bond donors (Lipinski definition) is 1. The van der Waals surface area contributed by atoms with Crippen molar-refractivity contribution in [3.8, 4) is 5.75 Å². The molecule has 0 bridgehead atoms. The highest BCUT2D eigenvalue weighted by Crippen LogP contribution is 2.31. The predicted octanol–water partition coefficient (Wildman–Crippen LogP) is 2.70. The lowest BCUT2D eigenvalue weighted by Gasteiger charge is -2.08. The smallest absolute Gasteiger partial charge is 0.341 e. The van der Waals surface area contributed by atoms with Crippen LogP contribution in [0.3, 0.4) is 0 Å². The van der Waals surface area contributed by atoms with Gasteiger partial charge >= 0.3 is 5.97 Å². The van der Waals surface area contributed by atoms with Gasteiger partial charge in [0.25, 0.3) is 0 Å². The van der Waals surface area contributed by atoms with E-state index in [0.29, 0.717) is 16.7 Å². The SMILES string of the molecule is COc1c(C(=O)O)cnc2c(Br)cccc12. The summed E-state index contributed by atoms with van der Waals surface area (Å²) >= 11 is 3.36. The highest BCUT2D eigenvalue weighted by atomic mass is 79.9. The number of benzene rings is 1. The molecule has 1 aromatic carbocycles. The number of pyridine rings is 1. The molecule has 0 atom stereocenters. The lowest BCUT2D eigenvalue weighted by Crippen LogP contribution is -2.02. The Labute approximate surface area is 100.0 Å². The van der Waals surface area contributed by atoms with Crippen LogP contribution in [0.1, 0.15) is 10.4 Å². The van der Waals surface area contributed by atoms with Gasteiger partial charge in [-0.05, 0) is 28.1 Å². The van der Waals surface area contributed by atoms with Crippen LogP contribution in [0.15, 0.2) is 28.9 Å². The van der Waals surface area contributed by atoms with Crippen molar-refractivity contribution in [2.45, 2.75) is 0 Å². The van der Waals surface area contributed by atoms with Crippen LogP contribution in [0.4, 0.5) is 0 Å². The van der Waals surface area contributed by atoms with E-state index in [0.717, 1.165) is 4.47 Å². The Hall–Kier alpha value is -1.62. The third-order valence-corrected chi connectivity index (χ3v) is 2.87. The number of aromatic carboxylic acids is 1. The van der Waals surface area contributed by atoms with Crippen molar-refractivity contribution in [2.24, 2.45) is 0 Å². The Kier molecular flexibility index (Phi) is 2.78. The number of para-hydroxylation sites is 1. The highest BCUT2D eigenvalue weighted by Gasteiger charge is 2.15. The predicted molar refractivity (Wildman–Crippen MR) is 63.0 cm³/mol. The molecule has 16 heavy (non-hydrogen) atoms. The van der Waals surface area contributed by atoms with Gasteiger partial charge in [0.1, 0.15) is 11.3 Å². The minimum absolute atomic E-state index is 0.0631. The molecule has 0 amide bonds. The van der Waals surface area contributed by atoms with Gasteiger partial charge in [-0.1, -0.05) is 6.07 Å². The zero-order valence-corrected chi connectivity index (χ0v) is 9.98. The van der Waals surface area contributed by atoms with Gasteiger partial charge < -0.3 is 9.84 Å². The molecular weight excluding hydrogens is 274 g/mol. The maximum atomic E-state index is 11.0. The second-order valence-corrected chi connectivity index (χ2v) is 4.00.